The summed E-state index contributed by atoms with van der Waals surface area (Å²) >= 11 is 0. The molecule has 134 valence electrons. The predicted octanol–water partition coefficient (Wildman–Crippen LogP) is 2.70. The fourth-order valence-electron chi connectivity index (χ4n) is 2.18. The normalized spacial score (nSPS) is 11.8. The number of carbonyl (C=O) groups is 1. The zero-order valence-corrected chi connectivity index (χ0v) is 15.2. The predicted molar refractivity (Wildman–Crippen MR) is 89.2 cm³/mol. The van der Waals surface area contributed by atoms with Gasteiger partial charge < -0.3 is 4.74 Å². The van der Waals surface area contributed by atoms with Crippen LogP contribution in [0.5, 0.6) is 0 Å². The zero-order chi connectivity index (χ0) is 18.9. The van der Waals surface area contributed by atoms with Crippen LogP contribution in [0.2, 0.25) is 0 Å². The van der Waals surface area contributed by atoms with Gasteiger partial charge in [0.15, 0.2) is 0 Å². The van der Waals surface area contributed by atoms with Crippen molar-refractivity contribution in [2.24, 2.45) is 0 Å². The molecule has 1 aromatic rings. The second-order valence-electron chi connectivity index (χ2n) is 6.33. The first-order chi connectivity index (χ1) is 10.7. The molecule has 1 rings (SSSR count). The molecular formula is C14H21N3O6S. The summed E-state index contributed by atoms with van der Waals surface area (Å²) in [6.45, 7) is 9.37. The van der Waals surface area contributed by atoms with Gasteiger partial charge in [0.25, 0.3) is 5.69 Å². The number of benzene rings is 1. The van der Waals surface area contributed by atoms with Gasteiger partial charge in [-0.05, 0) is 53.2 Å². The number of amides is 1. The van der Waals surface area contributed by atoms with E-state index in [4.69, 9.17) is 4.74 Å². The number of hydrogen-bond donors (Lipinski definition) is 2. The molecule has 1 aromatic carbocycles. The number of aryl methyl sites for hydroxylation is 2. The molecular weight excluding hydrogens is 338 g/mol. The van der Waals surface area contributed by atoms with Crippen LogP contribution in [0.4, 0.5) is 16.2 Å². The summed E-state index contributed by atoms with van der Waals surface area (Å²) in [5.74, 6) is 0. The second-order valence-corrected chi connectivity index (χ2v) is 7.74. The molecule has 0 fully saturated rings. The molecule has 2 N–H and O–H groups in total. The molecule has 0 aliphatic heterocycles. The molecule has 0 unspecified atom stereocenters. The van der Waals surface area contributed by atoms with Crippen LogP contribution >= 0.6 is 0 Å². The van der Waals surface area contributed by atoms with Gasteiger partial charge in [-0.3, -0.25) is 14.8 Å². The van der Waals surface area contributed by atoms with Crippen LogP contribution in [0, 0.1) is 30.9 Å². The molecule has 0 bridgehead atoms. The van der Waals surface area contributed by atoms with Crippen LogP contribution in [-0.4, -0.2) is 25.0 Å². The average molecular weight is 359 g/mol. The highest BCUT2D eigenvalue weighted by Crippen LogP contribution is 2.32. The minimum absolute atomic E-state index is 0.0448. The Morgan fingerprint density at radius 1 is 1.21 bits per heavy atom. The number of anilines is 1. The van der Waals surface area contributed by atoms with E-state index in [0.29, 0.717) is 11.1 Å². The van der Waals surface area contributed by atoms with Crippen LogP contribution in [0.15, 0.2) is 6.07 Å². The molecule has 0 aliphatic rings. The van der Waals surface area contributed by atoms with Gasteiger partial charge >= 0.3 is 16.3 Å². The lowest BCUT2D eigenvalue weighted by molar-refractivity contribution is -0.386. The molecule has 0 atom stereocenters. The lowest BCUT2D eigenvalue weighted by atomic mass is 10.0. The summed E-state index contributed by atoms with van der Waals surface area (Å²) in [6.07, 6.45) is -1.15. The highest BCUT2D eigenvalue weighted by atomic mass is 32.2. The maximum atomic E-state index is 12.1. The van der Waals surface area contributed by atoms with Gasteiger partial charge in [-0.25, -0.2) is 9.52 Å². The molecule has 24 heavy (non-hydrogen) atoms. The molecule has 0 saturated carbocycles. The number of ether oxygens (including phenoxy) is 1. The van der Waals surface area contributed by atoms with Crippen molar-refractivity contribution in [3.63, 3.8) is 0 Å². The molecule has 0 aliphatic carbocycles. The number of nitrogens with zero attached hydrogens (tertiary/aromatic N) is 1. The molecule has 0 radical (unpaired) electrons. The fraction of sp³-hybridized carbons (Fsp3) is 0.500. The quantitative estimate of drug-likeness (QED) is 0.628. The van der Waals surface area contributed by atoms with Crippen molar-refractivity contribution in [3.05, 3.63) is 32.9 Å². The van der Waals surface area contributed by atoms with Crippen molar-refractivity contribution < 1.29 is 22.9 Å². The minimum atomic E-state index is -4.30. The van der Waals surface area contributed by atoms with E-state index in [1.807, 2.05) is 0 Å². The third-order valence-electron chi connectivity index (χ3n) is 2.97. The molecule has 0 heterocycles. The first-order valence-electron chi connectivity index (χ1n) is 7.02. The summed E-state index contributed by atoms with van der Waals surface area (Å²) in [7, 11) is -4.30. The van der Waals surface area contributed by atoms with Crippen LogP contribution < -0.4 is 9.44 Å². The van der Waals surface area contributed by atoms with E-state index in [9.17, 15) is 23.3 Å². The van der Waals surface area contributed by atoms with Gasteiger partial charge in [0, 0.05) is 5.56 Å². The number of nitro groups is 1. The van der Waals surface area contributed by atoms with Gasteiger partial charge in [-0.2, -0.15) is 8.42 Å². The van der Waals surface area contributed by atoms with Crippen LogP contribution in [0.1, 0.15) is 37.5 Å². The minimum Gasteiger partial charge on any atom is -0.443 e. The SMILES string of the molecule is Cc1cc(C)c([N+](=O)[O-])c(C)c1NS(=O)(=O)NC(=O)OC(C)(C)C. The van der Waals surface area contributed by atoms with Crippen molar-refractivity contribution in [2.75, 3.05) is 4.72 Å². The molecule has 0 saturated heterocycles. The van der Waals surface area contributed by atoms with Crippen molar-refractivity contribution >= 4 is 27.7 Å². The largest absolute Gasteiger partial charge is 0.443 e. The van der Waals surface area contributed by atoms with Crippen LogP contribution in [0.25, 0.3) is 0 Å². The van der Waals surface area contributed by atoms with Crippen LogP contribution in [-0.2, 0) is 14.9 Å². The van der Waals surface area contributed by atoms with Crippen molar-refractivity contribution in [1.29, 1.82) is 0 Å². The van der Waals surface area contributed by atoms with Crippen LogP contribution in [0.3, 0.4) is 0 Å². The van der Waals surface area contributed by atoms with Gasteiger partial charge in [0.1, 0.15) is 5.60 Å². The number of nitro benzene ring substituents is 1. The Bertz CT molecular complexity index is 781. The van der Waals surface area contributed by atoms with E-state index < -0.39 is 26.8 Å². The van der Waals surface area contributed by atoms with Crippen molar-refractivity contribution in [3.8, 4) is 0 Å². The van der Waals surface area contributed by atoms with E-state index in [-0.39, 0.29) is 16.9 Å². The molecule has 9 nitrogen and oxygen atoms in total. The number of rotatable bonds is 4. The number of hydrogen-bond acceptors (Lipinski definition) is 6. The van der Waals surface area contributed by atoms with E-state index >= 15 is 0 Å². The monoisotopic (exact) mass is 359 g/mol. The fourth-order valence-corrected chi connectivity index (χ4v) is 3.08. The van der Waals surface area contributed by atoms with E-state index in [0.717, 1.165) is 0 Å². The third-order valence-corrected chi connectivity index (χ3v) is 3.87. The highest BCUT2D eigenvalue weighted by molar-refractivity contribution is 7.91. The lowest BCUT2D eigenvalue weighted by Gasteiger charge is -2.20. The van der Waals surface area contributed by atoms with Gasteiger partial charge in [0.2, 0.25) is 0 Å². The Kier molecular flexibility index (Phi) is 5.44. The van der Waals surface area contributed by atoms with Crippen molar-refractivity contribution in [1.82, 2.24) is 4.72 Å². The summed E-state index contributed by atoms with van der Waals surface area (Å²) in [5, 5.41) is 11.1. The Morgan fingerprint density at radius 3 is 2.21 bits per heavy atom. The van der Waals surface area contributed by atoms with Gasteiger partial charge in [-0.1, -0.05) is 0 Å². The maximum Gasteiger partial charge on any atom is 0.422 e. The summed E-state index contributed by atoms with van der Waals surface area (Å²) in [5.41, 5.74) is 0.0582. The highest BCUT2D eigenvalue weighted by Gasteiger charge is 2.25. The first kappa shape index (κ1) is 19.7. The maximum absolute atomic E-state index is 12.1. The Labute approximate surface area is 140 Å². The molecule has 10 heteroatoms. The van der Waals surface area contributed by atoms with Gasteiger partial charge in [-0.15, -0.1) is 0 Å². The Balaban J connectivity index is 3.14. The molecule has 0 aromatic heterocycles. The van der Waals surface area contributed by atoms with Gasteiger partial charge in [0.05, 0.1) is 16.2 Å². The topological polar surface area (TPSA) is 128 Å². The number of carbonyl (C=O) groups excluding carboxylic acids is 1. The van der Waals surface area contributed by atoms with E-state index in [2.05, 4.69) is 4.72 Å². The first-order valence-corrected chi connectivity index (χ1v) is 8.50. The van der Waals surface area contributed by atoms with Crippen molar-refractivity contribution in [2.45, 2.75) is 47.1 Å². The smallest absolute Gasteiger partial charge is 0.422 e. The van der Waals surface area contributed by atoms with E-state index in [1.54, 1.807) is 39.3 Å². The Morgan fingerprint density at radius 2 is 1.75 bits per heavy atom. The summed E-state index contributed by atoms with van der Waals surface area (Å²) in [6, 6.07) is 1.50. The number of nitrogens with one attached hydrogen (secondary N) is 2. The third kappa shape index (κ3) is 5.08. The Hall–Kier alpha value is -2.36. The van der Waals surface area contributed by atoms with E-state index in [1.165, 1.54) is 13.0 Å². The zero-order valence-electron chi connectivity index (χ0n) is 14.4. The summed E-state index contributed by atoms with van der Waals surface area (Å²) < 4.78 is 32.9. The lowest BCUT2D eigenvalue weighted by Crippen LogP contribution is -2.39. The molecule has 0 spiro atoms. The second kappa shape index (κ2) is 6.63. The standard InChI is InChI=1S/C14H21N3O6S/c1-8-7-9(2)12(17(19)20)10(3)11(8)15-24(21,22)16-13(18)23-14(4,5)6/h7,15H,1-6H3,(H,16,18). The molecule has 1 amide bonds. The average Bonchev–Trinajstić information content (AvgIpc) is 2.30. The summed E-state index contributed by atoms with van der Waals surface area (Å²) in [4.78, 5) is 22.2.